The average molecular weight is 381 g/mol. The van der Waals surface area contributed by atoms with Crippen LogP contribution in [-0.4, -0.2) is 46.8 Å². The molecule has 4 rings (SSSR count). The number of anilines is 1. The molecule has 8 nitrogen and oxygen atoms in total. The number of ether oxygens (including phenoxy) is 1. The number of hydrogen-bond donors (Lipinski definition) is 0. The molecule has 2 aromatic rings. The summed E-state index contributed by atoms with van der Waals surface area (Å²) in [6.07, 6.45) is 0.963. The van der Waals surface area contributed by atoms with Crippen molar-refractivity contribution in [1.82, 2.24) is 14.0 Å². The number of nitrogens with zero attached hydrogens (tertiary/aromatic N) is 5. The van der Waals surface area contributed by atoms with Gasteiger partial charge in [-0.3, -0.25) is 18.8 Å². The van der Waals surface area contributed by atoms with Crippen LogP contribution < -0.4 is 20.9 Å². The first-order valence-electron chi connectivity index (χ1n) is 9.41. The summed E-state index contributed by atoms with van der Waals surface area (Å²) in [6, 6.07) is 8.35. The molecular formula is C20H23N5O3. The van der Waals surface area contributed by atoms with Crippen LogP contribution in [0.1, 0.15) is 16.7 Å². The molecule has 0 spiro atoms. The molecular weight excluding hydrogens is 358 g/mol. The molecule has 8 heteroatoms. The molecule has 0 aliphatic carbocycles. The number of nitriles is 1. The second kappa shape index (κ2) is 7.17. The van der Waals surface area contributed by atoms with Crippen molar-refractivity contribution >= 4 is 5.82 Å². The molecule has 0 radical (unpaired) electrons. The maximum absolute atomic E-state index is 12.3. The van der Waals surface area contributed by atoms with E-state index in [1.807, 2.05) is 17.0 Å². The lowest BCUT2D eigenvalue weighted by molar-refractivity contribution is 0.248. The van der Waals surface area contributed by atoms with Crippen molar-refractivity contribution < 1.29 is 4.74 Å². The fraction of sp³-hybridized carbons (Fsp3) is 0.450. The van der Waals surface area contributed by atoms with Crippen molar-refractivity contribution in [2.45, 2.75) is 13.0 Å². The molecule has 1 aromatic carbocycles. The second-order valence-corrected chi connectivity index (χ2v) is 7.32. The van der Waals surface area contributed by atoms with Crippen LogP contribution in [-0.2, 0) is 27.1 Å². The summed E-state index contributed by atoms with van der Waals surface area (Å²) in [5.41, 5.74) is 1.60. The number of rotatable bonds is 3. The Kier molecular flexibility index (Phi) is 4.69. The van der Waals surface area contributed by atoms with E-state index in [1.54, 1.807) is 7.05 Å². The van der Waals surface area contributed by atoms with Crippen LogP contribution in [0.2, 0.25) is 0 Å². The Morgan fingerprint density at radius 3 is 2.57 bits per heavy atom. The Morgan fingerprint density at radius 1 is 1.11 bits per heavy atom. The SMILES string of the molecule is Cn1c(N2CCN(Cc3ccc4c(c3)CCO4)CC2)c(C#N)c(=O)n(C)c1=O. The van der Waals surface area contributed by atoms with Gasteiger partial charge in [-0.05, 0) is 17.2 Å². The molecule has 0 saturated carbocycles. The first kappa shape index (κ1) is 18.3. The van der Waals surface area contributed by atoms with Crippen molar-refractivity contribution in [2.75, 3.05) is 37.7 Å². The first-order chi connectivity index (χ1) is 13.5. The Morgan fingerprint density at radius 2 is 1.86 bits per heavy atom. The van der Waals surface area contributed by atoms with Gasteiger partial charge in [0.25, 0.3) is 5.56 Å². The summed E-state index contributed by atoms with van der Waals surface area (Å²) in [7, 11) is 3.01. The van der Waals surface area contributed by atoms with Gasteiger partial charge in [0.15, 0.2) is 5.56 Å². The zero-order valence-corrected chi connectivity index (χ0v) is 16.1. The van der Waals surface area contributed by atoms with Crippen LogP contribution in [0.5, 0.6) is 5.75 Å². The van der Waals surface area contributed by atoms with Crippen LogP contribution in [0, 0.1) is 11.3 Å². The minimum atomic E-state index is -0.539. The highest BCUT2D eigenvalue weighted by molar-refractivity contribution is 5.53. The van der Waals surface area contributed by atoms with E-state index >= 15 is 0 Å². The van der Waals surface area contributed by atoms with Crippen LogP contribution >= 0.6 is 0 Å². The lowest BCUT2D eigenvalue weighted by atomic mass is 10.1. The van der Waals surface area contributed by atoms with Gasteiger partial charge in [-0.25, -0.2) is 4.79 Å². The normalized spacial score (nSPS) is 16.5. The van der Waals surface area contributed by atoms with Gasteiger partial charge in [0.05, 0.1) is 6.61 Å². The molecule has 28 heavy (non-hydrogen) atoms. The van der Waals surface area contributed by atoms with Crippen molar-refractivity contribution in [1.29, 1.82) is 5.26 Å². The Bertz CT molecular complexity index is 1070. The van der Waals surface area contributed by atoms with Crippen LogP contribution in [0.4, 0.5) is 5.82 Å². The van der Waals surface area contributed by atoms with E-state index in [-0.39, 0.29) is 5.56 Å². The van der Waals surface area contributed by atoms with Crippen LogP contribution in [0.3, 0.4) is 0 Å². The molecule has 0 bridgehead atoms. The summed E-state index contributed by atoms with van der Waals surface area (Å²) in [5, 5.41) is 9.47. The fourth-order valence-electron chi connectivity index (χ4n) is 4.02. The van der Waals surface area contributed by atoms with Crippen molar-refractivity contribution in [3.05, 3.63) is 55.7 Å². The highest BCUT2D eigenvalue weighted by Crippen LogP contribution is 2.26. The lowest BCUT2D eigenvalue weighted by Gasteiger charge is -2.37. The largest absolute Gasteiger partial charge is 0.493 e. The van der Waals surface area contributed by atoms with Gasteiger partial charge in [0.2, 0.25) is 0 Å². The molecule has 0 amide bonds. The second-order valence-electron chi connectivity index (χ2n) is 7.32. The highest BCUT2D eigenvalue weighted by atomic mass is 16.5. The van der Waals surface area contributed by atoms with Gasteiger partial charge in [0, 0.05) is 53.2 Å². The van der Waals surface area contributed by atoms with E-state index in [2.05, 4.69) is 17.0 Å². The van der Waals surface area contributed by atoms with Gasteiger partial charge in [-0.15, -0.1) is 0 Å². The van der Waals surface area contributed by atoms with Gasteiger partial charge in [-0.2, -0.15) is 5.26 Å². The molecule has 0 atom stereocenters. The van der Waals surface area contributed by atoms with Crippen molar-refractivity contribution in [2.24, 2.45) is 14.1 Å². The fourth-order valence-corrected chi connectivity index (χ4v) is 4.02. The van der Waals surface area contributed by atoms with Gasteiger partial charge in [-0.1, -0.05) is 12.1 Å². The minimum Gasteiger partial charge on any atom is -0.493 e. The average Bonchev–Trinajstić information content (AvgIpc) is 3.17. The van der Waals surface area contributed by atoms with E-state index < -0.39 is 11.2 Å². The molecule has 3 heterocycles. The third kappa shape index (κ3) is 3.08. The minimum absolute atomic E-state index is 0.0247. The number of piperazine rings is 1. The Hall–Kier alpha value is -3.05. The van der Waals surface area contributed by atoms with Gasteiger partial charge >= 0.3 is 5.69 Å². The van der Waals surface area contributed by atoms with Gasteiger partial charge < -0.3 is 9.64 Å². The third-order valence-corrected chi connectivity index (χ3v) is 5.58. The monoisotopic (exact) mass is 381 g/mol. The molecule has 0 unspecified atom stereocenters. The topological polar surface area (TPSA) is 83.5 Å². The van der Waals surface area contributed by atoms with E-state index in [0.29, 0.717) is 18.9 Å². The number of fused-ring (bicyclic) bond motifs is 1. The summed E-state index contributed by atoms with van der Waals surface area (Å²) in [4.78, 5) is 28.9. The Balaban J connectivity index is 1.50. The maximum atomic E-state index is 12.3. The van der Waals surface area contributed by atoms with Crippen molar-refractivity contribution in [3.63, 3.8) is 0 Å². The lowest BCUT2D eigenvalue weighted by Crippen LogP contribution is -2.50. The highest BCUT2D eigenvalue weighted by Gasteiger charge is 2.25. The van der Waals surface area contributed by atoms with Crippen LogP contribution in [0.25, 0.3) is 0 Å². The predicted octanol–water partition coefficient (Wildman–Crippen LogP) is 0.213. The molecule has 2 aliphatic rings. The molecule has 146 valence electrons. The molecule has 1 fully saturated rings. The number of aromatic nitrogens is 2. The summed E-state index contributed by atoms with van der Waals surface area (Å²) < 4.78 is 7.95. The van der Waals surface area contributed by atoms with E-state index in [1.165, 1.54) is 22.7 Å². The van der Waals surface area contributed by atoms with Crippen molar-refractivity contribution in [3.8, 4) is 11.8 Å². The van der Waals surface area contributed by atoms with E-state index in [0.717, 1.165) is 43.0 Å². The zero-order chi connectivity index (χ0) is 19.8. The molecule has 0 N–H and O–H groups in total. The van der Waals surface area contributed by atoms with E-state index in [9.17, 15) is 14.9 Å². The first-order valence-corrected chi connectivity index (χ1v) is 9.41. The molecule has 1 aromatic heterocycles. The standard InChI is InChI=1S/C20H23N5O3/c1-22-18(16(12-21)19(26)23(2)20(22)27)25-8-6-24(7-9-25)13-14-3-4-17-15(11-14)5-10-28-17/h3-4,11H,5-10,13H2,1-2H3. The maximum Gasteiger partial charge on any atom is 0.332 e. The summed E-state index contributed by atoms with van der Waals surface area (Å²) >= 11 is 0. The number of hydrogen-bond acceptors (Lipinski definition) is 6. The quantitative estimate of drug-likeness (QED) is 0.756. The molecule has 1 saturated heterocycles. The summed E-state index contributed by atoms with van der Waals surface area (Å²) in [5.74, 6) is 1.41. The van der Waals surface area contributed by atoms with Gasteiger partial charge in [0.1, 0.15) is 17.6 Å². The van der Waals surface area contributed by atoms with E-state index in [4.69, 9.17) is 4.74 Å². The summed E-state index contributed by atoms with van der Waals surface area (Å²) in [6.45, 7) is 4.51. The molecule has 2 aliphatic heterocycles. The third-order valence-electron chi connectivity index (χ3n) is 5.58. The zero-order valence-electron chi connectivity index (χ0n) is 16.1. The smallest absolute Gasteiger partial charge is 0.332 e. The number of benzene rings is 1. The van der Waals surface area contributed by atoms with Crippen LogP contribution in [0.15, 0.2) is 27.8 Å². The predicted molar refractivity (Wildman–Crippen MR) is 105 cm³/mol. The Labute approximate surface area is 162 Å².